The number of hydrogen-bond acceptors (Lipinski definition) is 6. The van der Waals surface area contributed by atoms with Crippen LogP contribution in [0.25, 0.3) is 17.1 Å². The number of rotatable bonds is 3. The quantitative estimate of drug-likeness (QED) is 0.875. The maximum atomic E-state index is 11.6. The maximum absolute atomic E-state index is 11.6. The highest BCUT2D eigenvalue weighted by Crippen LogP contribution is 2.28. The van der Waals surface area contributed by atoms with Crippen LogP contribution in [0.4, 0.5) is 0 Å². The molecule has 0 atom stereocenters. The fraction of sp³-hybridized carbons (Fsp3) is 0.200. The van der Waals surface area contributed by atoms with Gasteiger partial charge in [-0.1, -0.05) is 0 Å². The van der Waals surface area contributed by atoms with Gasteiger partial charge in [0.15, 0.2) is 5.17 Å². The lowest BCUT2D eigenvalue weighted by Crippen LogP contribution is -2.06. The van der Waals surface area contributed by atoms with Gasteiger partial charge in [-0.2, -0.15) is 4.99 Å². The summed E-state index contributed by atoms with van der Waals surface area (Å²) in [5.41, 5.74) is 7.57. The van der Waals surface area contributed by atoms with Gasteiger partial charge < -0.3 is 10.5 Å². The van der Waals surface area contributed by atoms with Gasteiger partial charge in [0.25, 0.3) is 5.91 Å². The first kappa shape index (κ1) is 14.5. The molecule has 2 aromatic heterocycles. The Labute approximate surface area is 131 Å². The minimum absolute atomic E-state index is 0.0366. The van der Waals surface area contributed by atoms with E-state index in [-0.39, 0.29) is 17.2 Å². The molecule has 0 saturated heterocycles. The summed E-state index contributed by atoms with van der Waals surface area (Å²) in [4.78, 5) is 24.6. The van der Waals surface area contributed by atoms with Crippen molar-refractivity contribution in [2.45, 2.75) is 20.0 Å². The monoisotopic (exact) mass is 314 g/mol. The van der Waals surface area contributed by atoms with Crippen molar-refractivity contribution in [3.05, 3.63) is 35.0 Å². The van der Waals surface area contributed by atoms with Crippen molar-refractivity contribution in [3.63, 3.8) is 0 Å². The predicted octanol–water partition coefficient (Wildman–Crippen LogP) is 2.35. The van der Waals surface area contributed by atoms with E-state index in [0.717, 1.165) is 17.3 Å². The molecule has 0 aromatic carbocycles. The van der Waals surface area contributed by atoms with Crippen molar-refractivity contribution >= 4 is 39.9 Å². The Morgan fingerprint density at radius 3 is 2.82 bits per heavy atom. The molecule has 7 heteroatoms. The Morgan fingerprint density at radius 2 is 2.14 bits per heavy atom. The molecule has 1 aliphatic rings. The second-order valence-corrected chi connectivity index (χ2v) is 6.01. The van der Waals surface area contributed by atoms with Gasteiger partial charge in [-0.15, -0.1) is 0 Å². The van der Waals surface area contributed by atoms with Gasteiger partial charge in [-0.05, 0) is 43.8 Å². The molecule has 0 aliphatic carbocycles. The van der Waals surface area contributed by atoms with Gasteiger partial charge in [0.2, 0.25) is 0 Å². The average molecular weight is 314 g/mol. The van der Waals surface area contributed by atoms with Crippen LogP contribution in [0.3, 0.4) is 0 Å². The van der Waals surface area contributed by atoms with Crippen molar-refractivity contribution in [1.82, 2.24) is 9.97 Å². The molecule has 112 valence electrons. The number of hydrogen-bond donors (Lipinski definition) is 1. The molecule has 22 heavy (non-hydrogen) atoms. The third-order valence-corrected chi connectivity index (χ3v) is 3.66. The van der Waals surface area contributed by atoms with Crippen LogP contribution in [0.1, 0.15) is 19.5 Å². The number of amides is 1. The number of thioether (sulfide) groups is 1. The van der Waals surface area contributed by atoms with Crippen LogP contribution >= 0.6 is 11.8 Å². The van der Waals surface area contributed by atoms with Crippen molar-refractivity contribution < 1.29 is 9.53 Å². The summed E-state index contributed by atoms with van der Waals surface area (Å²) in [5.74, 6) is 0.329. The van der Waals surface area contributed by atoms with E-state index in [4.69, 9.17) is 10.5 Å². The molecular formula is C15H14N4O2S. The van der Waals surface area contributed by atoms with Crippen LogP contribution in [0.15, 0.2) is 34.3 Å². The average Bonchev–Trinajstić information content (AvgIpc) is 2.77. The molecule has 0 spiro atoms. The fourth-order valence-corrected chi connectivity index (χ4v) is 2.67. The largest absolute Gasteiger partial charge is 0.489 e. The Balaban J connectivity index is 2.02. The number of aliphatic imine (C=N–C) groups is 1. The lowest BCUT2D eigenvalue weighted by Gasteiger charge is -2.11. The summed E-state index contributed by atoms with van der Waals surface area (Å²) in [6, 6.07) is 5.42. The molecule has 0 unspecified atom stereocenters. The van der Waals surface area contributed by atoms with Gasteiger partial charge in [0, 0.05) is 12.3 Å². The normalized spacial score (nSPS) is 16.6. The van der Waals surface area contributed by atoms with Crippen LogP contribution in [0, 0.1) is 0 Å². The zero-order valence-corrected chi connectivity index (χ0v) is 12.9. The smallest absolute Gasteiger partial charge is 0.286 e. The first-order valence-electron chi connectivity index (χ1n) is 6.73. The molecule has 0 bridgehead atoms. The van der Waals surface area contributed by atoms with Gasteiger partial charge in [0.1, 0.15) is 11.3 Å². The van der Waals surface area contributed by atoms with E-state index in [2.05, 4.69) is 15.0 Å². The van der Waals surface area contributed by atoms with Crippen molar-refractivity contribution in [2.24, 2.45) is 10.7 Å². The summed E-state index contributed by atoms with van der Waals surface area (Å²) in [6.45, 7) is 3.90. The topological polar surface area (TPSA) is 90.5 Å². The Morgan fingerprint density at radius 1 is 1.32 bits per heavy atom. The molecule has 1 aliphatic heterocycles. The SMILES string of the molecule is CC(C)Oc1ccnc2ccc(/C=C3\SC(N)=NC3=O)nc12. The van der Waals surface area contributed by atoms with Crippen LogP contribution in [0.5, 0.6) is 5.75 Å². The van der Waals surface area contributed by atoms with E-state index in [9.17, 15) is 4.79 Å². The van der Waals surface area contributed by atoms with Gasteiger partial charge in [-0.25, -0.2) is 4.98 Å². The number of aromatic nitrogens is 2. The third-order valence-electron chi connectivity index (χ3n) is 2.85. The van der Waals surface area contributed by atoms with E-state index in [1.165, 1.54) is 0 Å². The maximum Gasteiger partial charge on any atom is 0.286 e. The summed E-state index contributed by atoms with van der Waals surface area (Å²) < 4.78 is 5.75. The number of carbonyl (C=O) groups excluding carboxylic acids is 1. The number of amidine groups is 1. The van der Waals surface area contributed by atoms with E-state index >= 15 is 0 Å². The zero-order valence-electron chi connectivity index (χ0n) is 12.1. The number of nitrogens with zero attached hydrogens (tertiary/aromatic N) is 3. The van der Waals surface area contributed by atoms with Gasteiger partial charge >= 0.3 is 0 Å². The zero-order chi connectivity index (χ0) is 15.7. The highest BCUT2D eigenvalue weighted by molar-refractivity contribution is 8.18. The second kappa shape index (κ2) is 5.76. The fourth-order valence-electron chi connectivity index (χ4n) is 2.01. The molecule has 0 radical (unpaired) electrons. The summed E-state index contributed by atoms with van der Waals surface area (Å²) in [5, 5.41) is 0.252. The number of pyridine rings is 2. The standard InChI is InChI=1S/C15H14N4O2S/c1-8(2)21-11-5-6-17-10-4-3-9(18-13(10)11)7-12-14(20)19-15(16)22-12/h3-8H,1-2H3,(H2,16,19,20)/b12-7-. The molecule has 2 aromatic rings. The van der Waals surface area contributed by atoms with E-state index in [1.807, 2.05) is 19.9 Å². The molecule has 6 nitrogen and oxygen atoms in total. The van der Waals surface area contributed by atoms with E-state index in [1.54, 1.807) is 24.4 Å². The lowest BCUT2D eigenvalue weighted by atomic mass is 10.2. The van der Waals surface area contributed by atoms with Crippen LogP contribution in [-0.4, -0.2) is 27.1 Å². The molecule has 3 heterocycles. The predicted molar refractivity (Wildman–Crippen MR) is 87.5 cm³/mol. The van der Waals surface area contributed by atoms with Crippen LogP contribution in [-0.2, 0) is 4.79 Å². The van der Waals surface area contributed by atoms with Gasteiger partial charge in [0.05, 0.1) is 22.2 Å². The van der Waals surface area contributed by atoms with Crippen molar-refractivity contribution in [2.75, 3.05) is 0 Å². The molecule has 0 saturated carbocycles. The summed E-state index contributed by atoms with van der Waals surface area (Å²) >= 11 is 1.14. The minimum Gasteiger partial charge on any atom is -0.489 e. The Hall–Kier alpha value is -2.41. The molecule has 1 amide bonds. The summed E-state index contributed by atoms with van der Waals surface area (Å²) in [6.07, 6.45) is 3.39. The van der Waals surface area contributed by atoms with Crippen LogP contribution in [0.2, 0.25) is 0 Å². The van der Waals surface area contributed by atoms with E-state index in [0.29, 0.717) is 21.9 Å². The van der Waals surface area contributed by atoms with Crippen molar-refractivity contribution in [3.8, 4) is 5.75 Å². The molecule has 0 fully saturated rings. The first-order valence-corrected chi connectivity index (χ1v) is 7.55. The van der Waals surface area contributed by atoms with Crippen molar-refractivity contribution in [1.29, 1.82) is 0 Å². The summed E-state index contributed by atoms with van der Waals surface area (Å²) in [7, 11) is 0. The van der Waals surface area contributed by atoms with Gasteiger partial charge in [-0.3, -0.25) is 9.78 Å². The number of nitrogens with two attached hydrogens (primary N) is 1. The number of fused-ring (bicyclic) bond motifs is 1. The lowest BCUT2D eigenvalue weighted by molar-refractivity contribution is -0.113. The van der Waals surface area contributed by atoms with E-state index < -0.39 is 0 Å². The Kier molecular flexibility index (Phi) is 3.81. The highest BCUT2D eigenvalue weighted by atomic mass is 32.2. The molecule has 2 N–H and O–H groups in total. The molecular weight excluding hydrogens is 300 g/mol. The minimum atomic E-state index is -0.339. The Bertz CT molecular complexity index is 814. The molecule has 3 rings (SSSR count). The first-order chi connectivity index (χ1) is 10.5. The third kappa shape index (κ3) is 2.94. The number of carbonyl (C=O) groups is 1. The highest BCUT2D eigenvalue weighted by Gasteiger charge is 2.19. The number of ether oxygens (including phenoxy) is 1. The van der Waals surface area contributed by atoms with Crippen LogP contribution < -0.4 is 10.5 Å². The second-order valence-electron chi connectivity index (χ2n) is 4.95.